The fourth-order valence-corrected chi connectivity index (χ4v) is 2.62. The summed E-state index contributed by atoms with van der Waals surface area (Å²) in [4.78, 5) is 29.9. The second kappa shape index (κ2) is 6.25. The Balaban J connectivity index is 1.70. The number of hydrogen-bond acceptors (Lipinski definition) is 3. The van der Waals surface area contributed by atoms with Crippen LogP contribution in [0.4, 0.5) is 5.69 Å². The first-order chi connectivity index (χ1) is 10.6. The predicted molar refractivity (Wildman–Crippen MR) is 82.2 cm³/mol. The Morgan fingerprint density at radius 1 is 1.23 bits per heavy atom. The van der Waals surface area contributed by atoms with Gasteiger partial charge in [0, 0.05) is 23.0 Å². The number of aromatic nitrogens is 1. The van der Waals surface area contributed by atoms with Crippen LogP contribution in [-0.4, -0.2) is 22.8 Å². The maximum Gasteiger partial charge on any atom is 0.292 e. The molecule has 2 heterocycles. The average Bonchev–Trinajstić information content (AvgIpc) is 2.82. The van der Waals surface area contributed by atoms with Gasteiger partial charge in [0.1, 0.15) is 6.54 Å². The summed E-state index contributed by atoms with van der Waals surface area (Å²) in [6, 6.07) is 10.1. The van der Waals surface area contributed by atoms with Crippen LogP contribution in [0, 0.1) is 0 Å². The molecule has 0 aliphatic carbocycles. The van der Waals surface area contributed by atoms with Crippen LogP contribution in [0.3, 0.4) is 0 Å². The first kappa shape index (κ1) is 14.7. The van der Waals surface area contributed by atoms with Crippen molar-refractivity contribution >= 4 is 29.1 Å². The number of anilines is 1. The Bertz CT molecular complexity index is 688. The molecular formula is C16H15ClN3O2+. The molecule has 0 spiro atoms. The predicted octanol–water partition coefficient (Wildman–Crippen LogP) is 1.13. The lowest BCUT2D eigenvalue weighted by atomic mass is 10.2. The number of imide groups is 1. The van der Waals surface area contributed by atoms with E-state index in [1.807, 2.05) is 17.4 Å². The van der Waals surface area contributed by atoms with E-state index in [0.717, 1.165) is 5.56 Å². The topological polar surface area (TPSA) is 66.9 Å². The van der Waals surface area contributed by atoms with E-state index in [4.69, 9.17) is 11.6 Å². The number of benzene rings is 1. The number of carbonyl (C=O) groups excluding carboxylic acids is 2. The summed E-state index contributed by atoms with van der Waals surface area (Å²) in [7, 11) is 0. The highest BCUT2D eigenvalue weighted by Gasteiger charge is 2.42. The molecule has 6 heteroatoms. The molecule has 1 aromatic heterocycles. The minimum absolute atomic E-state index is 0.181. The van der Waals surface area contributed by atoms with Gasteiger partial charge < -0.3 is 5.32 Å². The van der Waals surface area contributed by atoms with E-state index in [1.54, 1.807) is 36.7 Å². The van der Waals surface area contributed by atoms with Gasteiger partial charge >= 0.3 is 0 Å². The van der Waals surface area contributed by atoms with Crippen molar-refractivity contribution in [2.75, 3.05) is 4.90 Å². The van der Waals surface area contributed by atoms with Gasteiger partial charge in [0.15, 0.2) is 6.04 Å². The number of rotatable bonds is 4. The molecule has 22 heavy (non-hydrogen) atoms. The van der Waals surface area contributed by atoms with Crippen molar-refractivity contribution in [1.29, 1.82) is 0 Å². The zero-order valence-electron chi connectivity index (χ0n) is 11.8. The minimum atomic E-state index is -0.386. The van der Waals surface area contributed by atoms with Crippen molar-refractivity contribution in [3.8, 4) is 0 Å². The Morgan fingerprint density at radius 2 is 2.00 bits per heavy atom. The fraction of sp³-hybridized carbons (Fsp3) is 0.188. The van der Waals surface area contributed by atoms with Crippen LogP contribution in [0.1, 0.15) is 12.0 Å². The van der Waals surface area contributed by atoms with E-state index in [0.29, 0.717) is 17.3 Å². The van der Waals surface area contributed by atoms with Crippen LogP contribution in [0.5, 0.6) is 0 Å². The van der Waals surface area contributed by atoms with Crippen molar-refractivity contribution in [1.82, 2.24) is 4.98 Å². The highest BCUT2D eigenvalue weighted by Crippen LogP contribution is 2.23. The summed E-state index contributed by atoms with van der Waals surface area (Å²) < 4.78 is 0. The molecule has 0 bridgehead atoms. The van der Waals surface area contributed by atoms with Crippen LogP contribution >= 0.6 is 11.6 Å². The summed E-state index contributed by atoms with van der Waals surface area (Å²) in [5.74, 6) is -0.365. The number of pyridine rings is 1. The lowest BCUT2D eigenvalue weighted by Gasteiger charge is -2.14. The van der Waals surface area contributed by atoms with E-state index in [-0.39, 0.29) is 24.3 Å². The second-order valence-electron chi connectivity index (χ2n) is 5.16. The van der Waals surface area contributed by atoms with Gasteiger partial charge in [-0.1, -0.05) is 17.7 Å². The first-order valence-electron chi connectivity index (χ1n) is 7.00. The molecule has 1 aliphatic rings. The molecule has 1 aromatic carbocycles. The second-order valence-corrected chi connectivity index (χ2v) is 5.59. The Hall–Kier alpha value is -2.24. The third-order valence-electron chi connectivity index (χ3n) is 3.63. The largest absolute Gasteiger partial charge is 0.332 e. The SMILES string of the molecule is O=C1C[C@@H]([NH2+]Cc2cccnc2)C(=O)N1c1ccc(Cl)cc1. The molecule has 0 unspecified atom stereocenters. The Morgan fingerprint density at radius 3 is 2.68 bits per heavy atom. The van der Waals surface area contributed by atoms with Gasteiger partial charge in [0.2, 0.25) is 5.91 Å². The third-order valence-corrected chi connectivity index (χ3v) is 3.88. The Labute approximate surface area is 132 Å². The fourth-order valence-electron chi connectivity index (χ4n) is 2.50. The smallest absolute Gasteiger partial charge is 0.292 e. The number of amides is 2. The Kier molecular flexibility index (Phi) is 4.18. The molecule has 2 aromatic rings. The molecule has 1 fully saturated rings. The molecule has 1 saturated heterocycles. The highest BCUT2D eigenvalue weighted by molar-refractivity contribution is 6.30. The summed E-state index contributed by atoms with van der Waals surface area (Å²) in [5.41, 5.74) is 1.59. The van der Waals surface area contributed by atoms with Gasteiger partial charge in [-0.3, -0.25) is 14.6 Å². The van der Waals surface area contributed by atoms with Crippen LogP contribution < -0.4 is 10.2 Å². The minimum Gasteiger partial charge on any atom is -0.332 e. The van der Waals surface area contributed by atoms with E-state index in [1.165, 1.54) is 4.90 Å². The van der Waals surface area contributed by atoms with E-state index < -0.39 is 0 Å². The highest BCUT2D eigenvalue weighted by atomic mass is 35.5. The quantitative estimate of drug-likeness (QED) is 0.860. The number of nitrogens with zero attached hydrogens (tertiary/aromatic N) is 2. The number of hydrogen-bond donors (Lipinski definition) is 1. The van der Waals surface area contributed by atoms with Crippen LogP contribution in [0.2, 0.25) is 5.02 Å². The van der Waals surface area contributed by atoms with Crippen molar-refractivity contribution < 1.29 is 14.9 Å². The molecule has 1 aliphatic heterocycles. The number of carbonyl (C=O) groups is 2. The third kappa shape index (κ3) is 3.00. The van der Waals surface area contributed by atoms with Gasteiger partial charge in [-0.05, 0) is 30.3 Å². The zero-order chi connectivity index (χ0) is 15.5. The van der Waals surface area contributed by atoms with Crippen LogP contribution in [0.15, 0.2) is 48.8 Å². The summed E-state index contributed by atoms with van der Waals surface area (Å²) in [5, 5.41) is 2.45. The summed E-state index contributed by atoms with van der Waals surface area (Å²) in [6.07, 6.45) is 3.67. The van der Waals surface area contributed by atoms with Gasteiger partial charge in [-0.15, -0.1) is 0 Å². The monoisotopic (exact) mass is 316 g/mol. The molecule has 3 rings (SSSR count). The first-order valence-corrected chi connectivity index (χ1v) is 7.37. The van der Waals surface area contributed by atoms with Gasteiger partial charge in [-0.25, -0.2) is 4.90 Å². The number of halogens is 1. The van der Waals surface area contributed by atoms with Crippen molar-refractivity contribution in [2.24, 2.45) is 0 Å². The molecular weight excluding hydrogens is 302 g/mol. The van der Waals surface area contributed by atoms with E-state index in [2.05, 4.69) is 4.98 Å². The standard InChI is InChI=1S/C16H14ClN3O2/c17-12-3-5-13(6-4-12)20-15(21)8-14(16(20)22)19-10-11-2-1-7-18-9-11/h1-7,9,14,19H,8,10H2/p+1/t14-/m1/s1. The lowest BCUT2D eigenvalue weighted by molar-refractivity contribution is -0.690. The summed E-state index contributed by atoms with van der Waals surface area (Å²) >= 11 is 5.84. The number of quaternary nitrogens is 1. The molecule has 0 saturated carbocycles. The average molecular weight is 317 g/mol. The van der Waals surface area contributed by atoms with Gasteiger partial charge in [-0.2, -0.15) is 0 Å². The molecule has 0 radical (unpaired) electrons. The van der Waals surface area contributed by atoms with Crippen LogP contribution in [-0.2, 0) is 16.1 Å². The van der Waals surface area contributed by atoms with Crippen molar-refractivity contribution in [3.05, 3.63) is 59.4 Å². The molecule has 2 N–H and O–H groups in total. The van der Waals surface area contributed by atoms with E-state index >= 15 is 0 Å². The molecule has 5 nitrogen and oxygen atoms in total. The maximum absolute atomic E-state index is 12.4. The molecule has 2 amide bonds. The van der Waals surface area contributed by atoms with E-state index in [9.17, 15) is 9.59 Å². The lowest BCUT2D eigenvalue weighted by Crippen LogP contribution is -2.90. The van der Waals surface area contributed by atoms with Crippen LogP contribution in [0.25, 0.3) is 0 Å². The summed E-state index contributed by atoms with van der Waals surface area (Å²) in [6.45, 7) is 0.617. The van der Waals surface area contributed by atoms with Gasteiger partial charge in [0.05, 0.1) is 12.1 Å². The van der Waals surface area contributed by atoms with Gasteiger partial charge in [0.25, 0.3) is 5.91 Å². The zero-order valence-corrected chi connectivity index (χ0v) is 12.5. The number of nitrogens with two attached hydrogens (primary N) is 1. The molecule has 1 atom stereocenters. The van der Waals surface area contributed by atoms with Crippen molar-refractivity contribution in [3.63, 3.8) is 0 Å². The maximum atomic E-state index is 12.4. The molecule has 112 valence electrons. The normalized spacial score (nSPS) is 18.0. The van der Waals surface area contributed by atoms with Crippen molar-refractivity contribution in [2.45, 2.75) is 19.0 Å².